The van der Waals surface area contributed by atoms with Gasteiger partial charge in [-0.25, -0.2) is 4.39 Å². The molecule has 2 amide bonds. The molecule has 4 rings (SSSR count). The van der Waals surface area contributed by atoms with Crippen LogP contribution >= 0.6 is 0 Å². The largest absolute Gasteiger partial charge is 0.338 e. The lowest BCUT2D eigenvalue weighted by Gasteiger charge is -2.31. The molecule has 6 heteroatoms. The van der Waals surface area contributed by atoms with Crippen molar-refractivity contribution in [2.45, 2.75) is 26.3 Å². The number of piperidine rings is 1. The lowest BCUT2D eigenvalue weighted by Crippen LogP contribution is -2.42. The third-order valence-corrected chi connectivity index (χ3v) is 5.76. The van der Waals surface area contributed by atoms with Crippen LogP contribution in [-0.2, 0) is 11.3 Å². The number of aromatic nitrogens is 1. The highest BCUT2D eigenvalue weighted by molar-refractivity contribution is 5.94. The normalized spacial score (nSPS) is 16.8. The number of halogens is 1. The average Bonchev–Trinajstić information content (AvgIpc) is 2.82. The van der Waals surface area contributed by atoms with Crippen LogP contribution in [-0.4, -0.2) is 34.4 Å². The minimum atomic E-state index is -0.381. The summed E-state index contributed by atoms with van der Waals surface area (Å²) in [6.07, 6.45) is 3.34. The maximum atomic E-state index is 13.2. The molecule has 0 radical (unpaired) electrons. The van der Waals surface area contributed by atoms with Crippen molar-refractivity contribution in [1.82, 2.24) is 9.47 Å². The summed E-state index contributed by atoms with van der Waals surface area (Å²) in [4.78, 5) is 31.9. The van der Waals surface area contributed by atoms with Gasteiger partial charge in [-0.2, -0.15) is 4.99 Å². The fraction of sp³-hybridized carbons (Fsp3) is 0.269. The zero-order valence-corrected chi connectivity index (χ0v) is 18.1. The van der Waals surface area contributed by atoms with Crippen molar-refractivity contribution < 1.29 is 14.0 Å². The molecule has 1 fully saturated rings. The maximum absolute atomic E-state index is 13.2. The Balaban J connectivity index is 1.50. The third-order valence-electron chi connectivity index (χ3n) is 5.76. The van der Waals surface area contributed by atoms with Gasteiger partial charge in [-0.15, -0.1) is 0 Å². The summed E-state index contributed by atoms with van der Waals surface area (Å²) >= 11 is 0. The second-order valence-corrected chi connectivity index (χ2v) is 8.22. The van der Waals surface area contributed by atoms with E-state index in [0.29, 0.717) is 37.1 Å². The molecule has 32 heavy (non-hydrogen) atoms. The minimum Gasteiger partial charge on any atom is -0.338 e. The van der Waals surface area contributed by atoms with E-state index in [1.165, 1.54) is 29.8 Å². The van der Waals surface area contributed by atoms with Crippen LogP contribution in [0.3, 0.4) is 0 Å². The van der Waals surface area contributed by atoms with E-state index in [-0.39, 0.29) is 23.5 Å². The molecule has 1 aliphatic rings. The van der Waals surface area contributed by atoms with Crippen molar-refractivity contribution in [2.75, 3.05) is 13.1 Å². The summed E-state index contributed by atoms with van der Waals surface area (Å²) in [6.45, 7) is 3.57. The number of rotatable bonds is 4. The number of aryl methyl sites for hydroxylation is 1. The van der Waals surface area contributed by atoms with Crippen molar-refractivity contribution in [2.24, 2.45) is 10.9 Å². The van der Waals surface area contributed by atoms with Crippen LogP contribution in [0, 0.1) is 18.7 Å². The molecule has 1 atom stereocenters. The molecule has 2 heterocycles. The second-order valence-electron chi connectivity index (χ2n) is 8.22. The van der Waals surface area contributed by atoms with Crippen LogP contribution in [0.2, 0.25) is 0 Å². The summed E-state index contributed by atoms with van der Waals surface area (Å²) in [5.41, 5.74) is 3.35. The number of carbonyl (C=O) groups excluding carboxylic acids is 2. The third kappa shape index (κ3) is 5.19. The minimum absolute atomic E-state index is 0.184. The lowest BCUT2D eigenvalue weighted by atomic mass is 9.96. The Hall–Kier alpha value is -3.54. The monoisotopic (exact) mass is 431 g/mol. The van der Waals surface area contributed by atoms with E-state index in [9.17, 15) is 14.0 Å². The van der Waals surface area contributed by atoms with Gasteiger partial charge in [0.1, 0.15) is 11.3 Å². The molecule has 0 aliphatic carbocycles. The molecular formula is C26H26FN3O2. The molecule has 0 bridgehead atoms. The summed E-state index contributed by atoms with van der Waals surface area (Å²) < 4.78 is 15.1. The summed E-state index contributed by atoms with van der Waals surface area (Å²) in [5, 5.41) is 0. The Kier molecular flexibility index (Phi) is 6.59. The van der Waals surface area contributed by atoms with E-state index in [1.807, 2.05) is 35.9 Å². The van der Waals surface area contributed by atoms with E-state index in [0.717, 1.165) is 12.0 Å². The van der Waals surface area contributed by atoms with Crippen molar-refractivity contribution in [3.8, 4) is 0 Å². The molecule has 0 saturated carbocycles. The van der Waals surface area contributed by atoms with Crippen LogP contribution in [0.25, 0.3) is 0 Å². The number of likely N-dealkylation sites (tertiary alicyclic amines) is 1. The quantitative estimate of drug-likeness (QED) is 0.628. The number of nitrogens with zero attached hydrogens (tertiary/aromatic N) is 3. The van der Waals surface area contributed by atoms with Crippen LogP contribution in [0.4, 0.5) is 4.39 Å². The highest BCUT2D eigenvalue weighted by Gasteiger charge is 2.28. The molecule has 1 saturated heterocycles. The van der Waals surface area contributed by atoms with Gasteiger partial charge in [-0.05, 0) is 61.7 Å². The molecule has 1 aromatic heterocycles. The molecule has 5 nitrogen and oxygen atoms in total. The van der Waals surface area contributed by atoms with E-state index in [2.05, 4.69) is 29.3 Å². The summed E-state index contributed by atoms with van der Waals surface area (Å²) in [6, 6.07) is 19.4. The first-order valence-corrected chi connectivity index (χ1v) is 10.8. The molecule has 2 aromatic carbocycles. The second kappa shape index (κ2) is 9.73. The van der Waals surface area contributed by atoms with Gasteiger partial charge in [0.05, 0.1) is 5.92 Å². The van der Waals surface area contributed by atoms with E-state index in [4.69, 9.17) is 0 Å². The number of hydrogen-bond donors (Lipinski definition) is 0. The zero-order valence-electron chi connectivity index (χ0n) is 18.1. The van der Waals surface area contributed by atoms with Crippen LogP contribution in [0.1, 0.15) is 34.3 Å². The Bertz CT molecular complexity index is 1170. The molecular weight excluding hydrogens is 405 g/mol. The Morgan fingerprint density at radius 2 is 1.78 bits per heavy atom. The van der Waals surface area contributed by atoms with Gasteiger partial charge < -0.3 is 9.47 Å². The SMILES string of the molecule is Cc1ccc(Cn2ccccc2=NC(=O)C2CCCN(C(=O)c3ccc(F)cc3)C2)cc1. The van der Waals surface area contributed by atoms with Gasteiger partial charge in [0.15, 0.2) is 0 Å². The fourth-order valence-electron chi connectivity index (χ4n) is 3.94. The first-order valence-electron chi connectivity index (χ1n) is 10.8. The summed E-state index contributed by atoms with van der Waals surface area (Å²) in [7, 11) is 0. The molecule has 1 aliphatic heterocycles. The standard InChI is InChI=1S/C26H26FN3O2/c1-19-7-9-20(10-8-19)17-29-15-3-2-6-24(29)28-25(31)22-5-4-16-30(18-22)26(32)21-11-13-23(27)14-12-21/h2-3,6-15,22H,4-5,16-18H2,1H3. The molecule has 0 N–H and O–H groups in total. The highest BCUT2D eigenvalue weighted by atomic mass is 19.1. The van der Waals surface area contributed by atoms with Crippen molar-refractivity contribution in [3.05, 3.63) is 101 Å². The van der Waals surface area contributed by atoms with E-state index in [1.54, 1.807) is 4.90 Å². The van der Waals surface area contributed by atoms with E-state index >= 15 is 0 Å². The lowest BCUT2D eigenvalue weighted by molar-refractivity contribution is -0.123. The van der Waals surface area contributed by atoms with Crippen molar-refractivity contribution in [3.63, 3.8) is 0 Å². The highest BCUT2D eigenvalue weighted by Crippen LogP contribution is 2.20. The smallest absolute Gasteiger partial charge is 0.253 e. The molecule has 1 unspecified atom stereocenters. The topological polar surface area (TPSA) is 54.7 Å². The van der Waals surface area contributed by atoms with Crippen LogP contribution in [0.15, 0.2) is 77.9 Å². The van der Waals surface area contributed by atoms with E-state index < -0.39 is 0 Å². The fourth-order valence-corrected chi connectivity index (χ4v) is 3.94. The predicted molar refractivity (Wildman–Crippen MR) is 120 cm³/mol. The van der Waals surface area contributed by atoms with Gasteiger partial charge >= 0.3 is 0 Å². The Labute approximate surface area is 186 Å². The van der Waals surface area contributed by atoms with Gasteiger partial charge in [-0.3, -0.25) is 9.59 Å². The first-order chi connectivity index (χ1) is 15.5. The van der Waals surface area contributed by atoms with Gasteiger partial charge in [0.2, 0.25) is 0 Å². The number of hydrogen-bond acceptors (Lipinski definition) is 2. The van der Waals surface area contributed by atoms with Crippen LogP contribution < -0.4 is 5.49 Å². The van der Waals surface area contributed by atoms with Gasteiger partial charge in [0.25, 0.3) is 11.8 Å². The average molecular weight is 432 g/mol. The van der Waals surface area contributed by atoms with Crippen LogP contribution in [0.5, 0.6) is 0 Å². The van der Waals surface area contributed by atoms with Gasteiger partial charge in [-0.1, -0.05) is 35.9 Å². The summed E-state index contributed by atoms with van der Waals surface area (Å²) in [5.74, 6) is -1.13. The van der Waals surface area contributed by atoms with Crippen molar-refractivity contribution >= 4 is 11.8 Å². The van der Waals surface area contributed by atoms with Gasteiger partial charge in [0, 0.05) is 31.4 Å². The number of pyridine rings is 1. The number of benzene rings is 2. The first kappa shape index (κ1) is 21.7. The maximum Gasteiger partial charge on any atom is 0.253 e. The number of amides is 2. The Morgan fingerprint density at radius 1 is 1.03 bits per heavy atom. The molecule has 164 valence electrons. The number of carbonyl (C=O) groups is 2. The Morgan fingerprint density at radius 3 is 2.53 bits per heavy atom. The van der Waals surface area contributed by atoms with Crippen molar-refractivity contribution in [1.29, 1.82) is 0 Å². The predicted octanol–water partition coefficient (Wildman–Crippen LogP) is 3.96. The molecule has 0 spiro atoms. The zero-order chi connectivity index (χ0) is 22.5. The molecule has 3 aromatic rings.